The highest BCUT2D eigenvalue weighted by atomic mass is 19.4. The van der Waals surface area contributed by atoms with Crippen molar-refractivity contribution in [2.45, 2.75) is 19.0 Å². The topological polar surface area (TPSA) is 35.6 Å². The molecule has 0 aromatic carbocycles. The molecule has 1 aliphatic heterocycles. The van der Waals surface area contributed by atoms with E-state index in [0.717, 1.165) is 12.8 Å². The van der Waals surface area contributed by atoms with Crippen LogP contribution in [0.1, 0.15) is 12.8 Å². The van der Waals surface area contributed by atoms with Crippen LogP contribution < -0.4 is 5.32 Å². The number of rotatable bonds is 3. The minimum Gasteiger partial charge on any atom is -0.331 e. The maximum atomic E-state index is 11.9. The Hall–Kier alpha value is -0.980. The molecular formula is C11H20F3N3O. The lowest BCUT2D eigenvalue weighted by atomic mass is 9.97. The Labute approximate surface area is 105 Å². The number of carbonyl (C=O) groups is 1. The van der Waals surface area contributed by atoms with Gasteiger partial charge >= 0.3 is 12.2 Å². The molecule has 0 saturated carbocycles. The molecule has 1 heterocycles. The van der Waals surface area contributed by atoms with Gasteiger partial charge in [-0.25, -0.2) is 4.79 Å². The SMILES string of the molecule is CN(C)C(=O)N1CCC(CNCC(F)(F)F)CC1. The Bertz CT molecular complexity index is 273. The van der Waals surface area contributed by atoms with Crippen LogP contribution in [0.4, 0.5) is 18.0 Å². The van der Waals surface area contributed by atoms with Crippen LogP contribution in [0.15, 0.2) is 0 Å². The fourth-order valence-corrected chi connectivity index (χ4v) is 2.03. The predicted molar refractivity (Wildman–Crippen MR) is 62.3 cm³/mol. The maximum absolute atomic E-state index is 11.9. The molecule has 1 aliphatic rings. The van der Waals surface area contributed by atoms with Crippen LogP contribution in [-0.4, -0.2) is 62.3 Å². The van der Waals surface area contributed by atoms with E-state index in [1.165, 1.54) is 4.90 Å². The van der Waals surface area contributed by atoms with Gasteiger partial charge in [0.2, 0.25) is 0 Å². The lowest BCUT2D eigenvalue weighted by molar-refractivity contribution is -0.125. The first-order valence-electron chi connectivity index (χ1n) is 6.03. The third kappa shape index (κ3) is 5.12. The Balaban J connectivity index is 2.21. The third-order valence-electron chi connectivity index (χ3n) is 3.03. The maximum Gasteiger partial charge on any atom is 0.401 e. The van der Waals surface area contributed by atoms with Crippen LogP contribution in [0, 0.1) is 5.92 Å². The summed E-state index contributed by atoms with van der Waals surface area (Å²) in [5.41, 5.74) is 0. The van der Waals surface area contributed by atoms with Gasteiger partial charge in [0.25, 0.3) is 0 Å². The van der Waals surface area contributed by atoms with E-state index in [1.54, 1.807) is 19.0 Å². The molecule has 1 N–H and O–H groups in total. The van der Waals surface area contributed by atoms with E-state index >= 15 is 0 Å². The Morgan fingerprint density at radius 2 is 1.89 bits per heavy atom. The first-order valence-corrected chi connectivity index (χ1v) is 6.03. The molecular weight excluding hydrogens is 247 g/mol. The second kappa shape index (κ2) is 6.26. The van der Waals surface area contributed by atoms with Crippen molar-refractivity contribution in [2.24, 2.45) is 5.92 Å². The van der Waals surface area contributed by atoms with Crippen molar-refractivity contribution in [2.75, 3.05) is 40.3 Å². The summed E-state index contributed by atoms with van der Waals surface area (Å²) in [6.45, 7) is 0.665. The molecule has 18 heavy (non-hydrogen) atoms. The molecule has 0 aromatic heterocycles. The van der Waals surface area contributed by atoms with Crippen LogP contribution >= 0.6 is 0 Å². The van der Waals surface area contributed by atoms with Gasteiger partial charge in [-0.05, 0) is 25.3 Å². The monoisotopic (exact) mass is 267 g/mol. The number of hydrogen-bond donors (Lipinski definition) is 1. The summed E-state index contributed by atoms with van der Waals surface area (Å²) >= 11 is 0. The van der Waals surface area contributed by atoms with Gasteiger partial charge in [-0.1, -0.05) is 0 Å². The molecule has 106 valence electrons. The fraction of sp³-hybridized carbons (Fsp3) is 0.909. The molecule has 4 nitrogen and oxygen atoms in total. The third-order valence-corrected chi connectivity index (χ3v) is 3.03. The summed E-state index contributed by atoms with van der Waals surface area (Å²) in [7, 11) is 3.39. The molecule has 2 amide bonds. The average molecular weight is 267 g/mol. The molecule has 1 saturated heterocycles. The molecule has 0 spiro atoms. The van der Waals surface area contributed by atoms with Crippen molar-refractivity contribution in [3.8, 4) is 0 Å². The van der Waals surface area contributed by atoms with Crippen molar-refractivity contribution < 1.29 is 18.0 Å². The van der Waals surface area contributed by atoms with Crippen molar-refractivity contribution in [3.63, 3.8) is 0 Å². The van der Waals surface area contributed by atoms with E-state index in [-0.39, 0.29) is 11.9 Å². The summed E-state index contributed by atoms with van der Waals surface area (Å²) < 4.78 is 35.8. The largest absolute Gasteiger partial charge is 0.401 e. The average Bonchev–Trinajstić information content (AvgIpc) is 2.27. The molecule has 0 radical (unpaired) electrons. The smallest absolute Gasteiger partial charge is 0.331 e. The van der Waals surface area contributed by atoms with E-state index in [2.05, 4.69) is 5.32 Å². The number of alkyl halides is 3. The molecule has 0 unspecified atom stereocenters. The molecule has 1 fully saturated rings. The van der Waals surface area contributed by atoms with E-state index in [9.17, 15) is 18.0 Å². The zero-order chi connectivity index (χ0) is 13.8. The van der Waals surface area contributed by atoms with Gasteiger partial charge in [0.15, 0.2) is 0 Å². The normalized spacial score (nSPS) is 17.9. The second-order valence-electron chi connectivity index (χ2n) is 4.85. The van der Waals surface area contributed by atoms with Crippen molar-refractivity contribution in [3.05, 3.63) is 0 Å². The summed E-state index contributed by atoms with van der Waals surface area (Å²) in [5.74, 6) is 0.221. The number of nitrogens with zero attached hydrogens (tertiary/aromatic N) is 2. The zero-order valence-corrected chi connectivity index (χ0v) is 10.8. The van der Waals surface area contributed by atoms with Gasteiger partial charge < -0.3 is 15.1 Å². The number of likely N-dealkylation sites (tertiary alicyclic amines) is 1. The van der Waals surface area contributed by atoms with E-state index in [4.69, 9.17) is 0 Å². The van der Waals surface area contributed by atoms with Crippen LogP contribution in [0.2, 0.25) is 0 Å². The quantitative estimate of drug-likeness (QED) is 0.841. The van der Waals surface area contributed by atoms with Gasteiger partial charge in [-0.2, -0.15) is 13.2 Å². The first kappa shape index (κ1) is 15.1. The minimum absolute atomic E-state index is 0.0308. The highest BCUT2D eigenvalue weighted by Crippen LogP contribution is 2.18. The summed E-state index contributed by atoms with van der Waals surface area (Å²) in [6, 6.07) is -0.0308. The molecule has 0 aliphatic carbocycles. The predicted octanol–water partition coefficient (Wildman–Crippen LogP) is 1.53. The van der Waals surface area contributed by atoms with Crippen LogP contribution in [0.3, 0.4) is 0 Å². The van der Waals surface area contributed by atoms with Gasteiger partial charge in [0, 0.05) is 27.2 Å². The first-order chi connectivity index (χ1) is 8.29. The van der Waals surface area contributed by atoms with Crippen molar-refractivity contribution >= 4 is 6.03 Å². The number of nitrogens with one attached hydrogen (secondary N) is 1. The van der Waals surface area contributed by atoms with Gasteiger partial charge in [0.05, 0.1) is 6.54 Å². The van der Waals surface area contributed by atoms with Gasteiger partial charge in [-0.15, -0.1) is 0 Å². The Morgan fingerprint density at radius 1 is 1.33 bits per heavy atom. The molecule has 0 aromatic rings. The van der Waals surface area contributed by atoms with E-state index in [1.807, 2.05) is 0 Å². The van der Waals surface area contributed by atoms with E-state index < -0.39 is 12.7 Å². The van der Waals surface area contributed by atoms with Crippen LogP contribution in [0.25, 0.3) is 0 Å². The molecule has 7 heteroatoms. The summed E-state index contributed by atoms with van der Waals surface area (Å²) in [6.07, 6.45) is -2.64. The van der Waals surface area contributed by atoms with Crippen LogP contribution in [0.5, 0.6) is 0 Å². The number of hydrogen-bond acceptors (Lipinski definition) is 2. The lowest BCUT2D eigenvalue weighted by Gasteiger charge is -2.33. The fourth-order valence-electron chi connectivity index (χ4n) is 2.03. The number of halogens is 3. The molecule has 0 atom stereocenters. The highest BCUT2D eigenvalue weighted by Gasteiger charge is 2.28. The number of amides is 2. The summed E-state index contributed by atoms with van der Waals surface area (Å²) in [5, 5.41) is 2.42. The number of carbonyl (C=O) groups excluding carboxylic acids is 1. The number of piperidine rings is 1. The van der Waals surface area contributed by atoms with E-state index in [0.29, 0.717) is 19.6 Å². The second-order valence-corrected chi connectivity index (χ2v) is 4.85. The van der Waals surface area contributed by atoms with Crippen LogP contribution in [-0.2, 0) is 0 Å². The lowest BCUT2D eigenvalue weighted by Crippen LogP contribution is -2.45. The Kier molecular flexibility index (Phi) is 5.25. The summed E-state index contributed by atoms with van der Waals surface area (Å²) in [4.78, 5) is 14.9. The van der Waals surface area contributed by atoms with Gasteiger partial charge in [-0.3, -0.25) is 0 Å². The standard InChI is InChI=1S/C11H20F3N3O/c1-16(2)10(18)17-5-3-9(4-6-17)7-15-8-11(12,13)14/h9,15H,3-8H2,1-2H3. The highest BCUT2D eigenvalue weighted by molar-refractivity contribution is 5.73. The van der Waals surface area contributed by atoms with Crippen molar-refractivity contribution in [1.29, 1.82) is 0 Å². The Morgan fingerprint density at radius 3 is 2.33 bits per heavy atom. The molecule has 0 bridgehead atoms. The molecule has 1 rings (SSSR count). The van der Waals surface area contributed by atoms with Gasteiger partial charge in [0.1, 0.15) is 0 Å². The minimum atomic E-state index is -4.15. The zero-order valence-electron chi connectivity index (χ0n) is 10.8. The number of urea groups is 1. The van der Waals surface area contributed by atoms with Crippen molar-refractivity contribution in [1.82, 2.24) is 15.1 Å².